The molecule has 5 atom stereocenters. The van der Waals surface area contributed by atoms with Crippen molar-refractivity contribution in [1.29, 1.82) is 0 Å². The zero-order valence-electron chi connectivity index (χ0n) is 13.7. The van der Waals surface area contributed by atoms with Gasteiger partial charge in [0.2, 0.25) is 0 Å². The van der Waals surface area contributed by atoms with E-state index in [0.717, 1.165) is 18.4 Å². The van der Waals surface area contributed by atoms with E-state index in [9.17, 15) is 14.4 Å². The molecule has 7 heteroatoms. The smallest absolute Gasteiger partial charge is 0.310 e. The van der Waals surface area contributed by atoms with Crippen LogP contribution >= 0.6 is 11.6 Å². The van der Waals surface area contributed by atoms with Crippen LogP contribution in [0.5, 0.6) is 0 Å². The minimum absolute atomic E-state index is 0.0272. The molecule has 0 aromatic heterocycles. The summed E-state index contributed by atoms with van der Waals surface area (Å²) < 4.78 is 10.5. The van der Waals surface area contributed by atoms with Crippen molar-refractivity contribution in [1.82, 2.24) is 0 Å². The van der Waals surface area contributed by atoms with Gasteiger partial charge in [0.25, 0.3) is 5.91 Å². The molecule has 2 saturated carbocycles. The maximum absolute atomic E-state index is 12.4. The van der Waals surface area contributed by atoms with Gasteiger partial charge < -0.3 is 14.8 Å². The van der Waals surface area contributed by atoms with E-state index in [-0.39, 0.29) is 30.5 Å². The highest BCUT2D eigenvalue weighted by Crippen LogP contribution is 2.57. The average Bonchev–Trinajstić information content (AvgIpc) is 3.18. The van der Waals surface area contributed by atoms with E-state index in [1.165, 1.54) is 0 Å². The summed E-state index contributed by atoms with van der Waals surface area (Å²) in [6.45, 7) is 1.46. The Kier molecular flexibility index (Phi) is 3.95. The zero-order valence-corrected chi connectivity index (χ0v) is 14.4. The van der Waals surface area contributed by atoms with E-state index in [1.807, 2.05) is 6.92 Å². The molecule has 0 spiro atoms. The van der Waals surface area contributed by atoms with Crippen LogP contribution in [-0.2, 0) is 23.9 Å². The fourth-order valence-corrected chi connectivity index (χ4v) is 4.65. The molecule has 1 saturated heterocycles. The lowest BCUT2D eigenvalue weighted by molar-refractivity contribution is -0.157. The standard InChI is InChI=1S/C18H18ClNO5/c1-8-2-3-10(19)6-12(8)20-14(21)7-24-17(22)15-9-4-11-13(5-9)25-18(23)16(11)15/h2-3,6,9,11,13,15-16H,4-5,7H2,1H3,(H,20,21)/t9-,11-,13-,15+,16+/m1/s1. The number of anilines is 1. The number of nitrogens with one attached hydrogen (secondary N) is 1. The number of hydrogen-bond donors (Lipinski definition) is 1. The number of rotatable bonds is 4. The van der Waals surface area contributed by atoms with Crippen molar-refractivity contribution in [2.24, 2.45) is 23.7 Å². The number of amides is 1. The summed E-state index contributed by atoms with van der Waals surface area (Å²) in [7, 11) is 0. The third-order valence-corrected chi connectivity index (χ3v) is 5.81. The molecular weight excluding hydrogens is 346 g/mol. The predicted octanol–water partition coefficient (Wildman–Crippen LogP) is 2.33. The molecule has 1 heterocycles. The molecule has 132 valence electrons. The molecule has 1 N–H and O–H groups in total. The van der Waals surface area contributed by atoms with E-state index in [2.05, 4.69) is 5.32 Å². The van der Waals surface area contributed by atoms with Gasteiger partial charge in [-0.2, -0.15) is 0 Å². The lowest BCUT2D eigenvalue weighted by Crippen LogP contribution is -2.35. The molecule has 4 rings (SSSR count). The second kappa shape index (κ2) is 6.02. The van der Waals surface area contributed by atoms with Crippen molar-refractivity contribution in [3.8, 4) is 0 Å². The number of carbonyl (C=O) groups excluding carboxylic acids is 3. The van der Waals surface area contributed by atoms with Gasteiger partial charge in [-0.05, 0) is 43.4 Å². The first-order valence-electron chi connectivity index (χ1n) is 8.37. The molecule has 1 aliphatic heterocycles. The maximum atomic E-state index is 12.4. The van der Waals surface area contributed by atoms with E-state index in [4.69, 9.17) is 21.1 Å². The van der Waals surface area contributed by atoms with E-state index >= 15 is 0 Å². The Morgan fingerprint density at radius 3 is 2.96 bits per heavy atom. The lowest BCUT2D eigenvalue weighted by Gasteiger charge is -2.22. The topological polar surface area (TPSA) is 81.7 Å². The zero-order chi connectivity index (χ0) is 17.7. The second-order valence-corrected chi connectivity index (χ2v) is 7.47. The van der Waals surface area contributed by atoms with Gasteiger partial charge in [-0.15, -0.1) is 0 Å². The Balaban J connectivity index is 1.35. The monoisotopic (exact) mass is 363 g/mol. The molecule has 3 fully saturated rings. The van der Waals surface area contributed by atoms with Crippen LogP contribution in [0.25, 0.3) is 0 Å². The Labute approximate surface area is 149 Å². The number of halogens is 1. The third kappa shape index (κ3) is 2.78. The Bertz CT molecular complexity index is 762. The van der Waals surface area contributed by atoms with Crippen molar-refractivity contribution in [3.63, 3.8) is 0 Å². The molecule has 0 unspecified atom stereocenters. The van der Waals surface area contributed by atoms with Crippen molar-refractivity contribution >= 4 is 35.1 Å². The van der Waals surface area contributed by atoms with Gasteiger partial charge in [0.1, 0.15) is 6.10 Å². The fraction of sp³-hybridized carbons (Fsp3) is 0.500. The van der Waals surface area contributed by atoms with Gasteiger partial charge in [0.05, 0.1) is 11.8 Å². The van der Waals surface area contributed by atoms with Crippen LogP contribution in [0.1, 0.15) is 18.4 Å². The Morgan fingerprint density at radius 2 is 2.16 bits per heavy atom. The van der Waals surface area contributed by atoms with E-state index < -0.39 is 23.7 Å². The second-order valence-electron chi connectivity index (χ2n) is 7.04. The lowest BCUT2D eigenvalue weighted by atomic mass is 9.80. The number of benzene rings is 1. The summed E-state index contributed by atoms with van der Waals surface area (Å²) in [6, 6.07) is 5.16. The van der Waals surface area contributed by atoms with Crippen LogP contribution in [0.4, 0.5) is 5.69 Å². The number of aryl methyl sites for hydroxylation is 1. The summed E-state index contributed by atoms with van der Waals surface area (Å²) >= 11 is 5.92. The fourth-order valence-electron chi connectivity index (χ4n) is 4.47. The van der Waals surface area contributed by atoms with E-state index in [1.54, 1.807) is 18.2 Å². The molecule has 25 heavy (non-hydrogen) atoms. The molecule has 1 aromatic carbocycles. The summed E-state index contributed by atoms with van der Waals surface area (Å²) in [4.78, 5) is 36.4. The first kappa shape index (κ1) is 16.4. The largest absolute Gasteiger partial charge is 0.462 e. The quantitative estimate of drug-likeness (QED) is 0.830. The Morgan fingerprint density at radius 1 is 1.36 bits per heavy atom. The van der Waals surface area contributed by atoms with Gasteiger partial charge in [0.15, 0.2) is 6.61 Å². The molecule has 2 bridgehead atoms. The third-order valence-electron chi connectivity index (χ3n) is 5.57. The number of esters is 2. The van der Waals surface area contributed by atoms with Crippen LogP contribution in [0.3, 0.4) is 0 Å². The van der Waals surface area contributed by atoms with Gasteiger partial charge in [-0.3, -0.25) is 14.4 Å². The maximum Gasteiger partial charge on any atom is 0.310 e. The first-order valence-corrected chi connectivity index (χ1v) is 8.75. The van der Waals surface area contributed by atoms with Crippen LogP contribution in [-0.4, -0.2) is 30.6 Å². The Hall–Kier alpha value is -2.08. The van der Waals surface area contributed by atoms with Crippen molar-refractivity contribution < 1.29 is 23.9 Å². The SMILES string of the molecule is Cc1ccc(Cl)cc1NC(=O)COC(=O)[C@H]1[C@@H]2C[C@H]3[C@@H]1C(=O)O[C@@H]3C2. The van der Waals surface area contributed by atoms with Gasteiger partial charge in [0, 0.05) is 16.6 Å². The van der Waals surface area contributed by atoms with Gasteiger partial charge >= 0.3 is 11.9 Å². The van der Waals surface area contributed by atoms with Crippen LogP contribution in [0.15, 0.2) is 18.2 Å². The van der Waals surface area contributed by atoms with Crippen molar-refractivity contribution in [3.05, 3.63) is 28.8 Å². The number of carbonyl (C=O) groups is 3. The molecule has 1 aromatic rings. The number of fused-ring (bicyclic) bond motifs is 1. The minimum Gasteiger partial charge on any atom is -0.462 e. The summed E-state index contributed by atoms with van der Waals surface area (Å²) in [6.07, 6.45) is 1.52. The molecule has 0 radical (unpaired) electrons. The van der Waals surface area contributed by atoms with E-state index in [0.29, 0.717) is 10.7 Å². The number of hydrogen-bond acceptors (Lipinski definition) is 5. The summed E-state index contributed by atoms with van der Waals surface area (Å²) in [5.74, 6) is -1.82. The number of ether oxygens (including phenoxy) is 2. The molecule has 6 nitrogen and oxygen atoms in total. The summed E-state index contributed by atoms with van der Waals surface area (Å²) in [5, 5.41) is 3.19. The highest BCUT2D eigenvalue weighted by atomic mass is 35.5. The van der Waals surface area contributed by atoms with Crippen LogP contribution in [0.2, 0.25) is 5.02 Å². The normalized spacial score (nSPS) is 31.8. The molecule has 2 aliphatic carbocycles. The van der Waals surface area contributed by atoms with Crippen LogP contribution < -0.4 is 5.32 Å². The summed E-state index contributed by atoms with van der Waals surface area (Å²) in [5.41, 5.74) is 1.44. The van der Waals surface area contributed by atoms with Crippen LogP contribution in [0, 0.1) is 30.6 Å². The van der Waals surface area contributed by atoms with Gasteiger partial charge in [-0.25, -0.2) is 0 Å². The molecular formula is C18H18ClNO5. The highest BCUT2D eigenvalue weighted by Gasteiger charge is 2.64. The molecule has 1 amide bonds. The minimum atomic E-state index is -0.479. The first-order chi connectivity index (χ1) is 11.9. The van der Waals surface area contributed by atoms with Crippen molar-refractivity contribution in [2.45, 2.75) is 25.9 Å². The van der Waals surface area contributed by atoms with Crippen molar-refractivity contribution in [2.75, 3.05) is 11.9 Å². The predicted molar refractivity (Wildman–Crippen MR) is 88.9 cm³/mol. The average molecular weight is 364 g/mol. The molecule has 3 aliphatic rings. The highest BCUT2D eigenvalue weighted by molar-refractivity contribution is 6.31. The van der Waals surface area contributed by atoms with Gasteiger partial charge in [-0.1, -0.05) is 17.7 Å².